The van der Waals surface area contributed by atoms with Crippen LogP contribution in [0.5, 0.6) is 0 Å². The van der Waals surface area contributed by atoms with Crippen molar-refractivity contribution < 1.29 is 4.79 Å². The number of fused-ring (bicyclic) bond motifs is 1. The summed E-state index contributed by atoms with van der Waals surface area (Å²) in [6, 6.07) is 8.56. The van der Waals surface area contributed by atoms with Gasteiger partial charge in [0, 0.05) is 0 Å². The zero-order valence-electron chi connectivity index (χ0n) is 11.5. The van der Waals surface area contributed by atoms with E-state index in [0.29, 0.717) is 16.2 Å². The number of hydrogen-bond acceptors (Lipinski definition) is 1. The number of allylic oxidation sites excluding steroid dienone is 1. The third kappa shape index (κ3) is 3.05. The average Bonchev–Trinajstić information content (AvgIpc) is 2.27. The van der Waals surface area contributed by atoms with Crippen molar-refractivity contribution in [2.45, 2.75) is 38.1 Å². The summed E-state index contributed by atoms with van der Waals surface area (Å²) >= 11 is -0.290. The molecular formula is C16H20OTe. The van der Waals surface area contributed by atoms with E-state index >= 15 is 0 Å². The fourth-order valence-electron chi connectivity index (χ4n) is 2.13. The van der Waals surface area contributed by atoms with Gasteiger partial charge in [0.1, 0.15) is 0 Å². The van der Waals surface area contributed by atoms with Crippen LogP contribution in [-0.4, -0.2) is 26.7 Å². The molecule has 0 amide bonds. The van der Waals surface area contributed by atoms with Crippen molar-refractivity contribution >= 4 is 32.8 Å². The summed E-state index contributed by atoms with van der Waals surface area (Å²) in [5.41, 5.74) is 2.96. The van der Waals surface area contributed by atoms with Gasteiger partial charge in [0.25, 0.3) is 0 Å². The summed E-state index contributed by atoms with van der Waals surface area (Å²) in [5, 5.41) is 0. The monoisotopic (exact) mass is 358 g/mol. The molecule has 2 heteroatoms. The average molecular weight is 356 g/mol. The first-order valence-electron chi connectivity index (χ1n) is 6.35. The van der Waals surface area contributed by atoms with Crippen LogP contribution >= 0.6 is 0 Å². The Kier molecular flexibility index (Phi) is 3.99. The molecule has 0 bridgehead atoms. The number of carbonyl (C=O) groups is 1. The van der Waals surface area contributed by atoms with Crippen LogP contribution in [0.15, 0.2) is 27.9 Å². The first-order chi connectivity index (χ1) is 8.38. The van der Waals surface area contributed by atoms with Crippen molar-refractivity contribution in [2.75, 3.05) is 0 Å². The van der Waals surface area contributed by atoms with Crippen LogP contribution in [0, 0.1) is 5.41 Å². The SMILES string of the molecule is CC(=O)CC1[Te]C(C(C)(C)C)=Cc2ccccc21. The molecule has 1 nitrogen and oxygen atoms in total. The molecule has 0 N–H and O–H groups in total. The van der Waals surface area contributed by atoms with Gasteiger partial charge in [-0.05, 0) is 0 Å². The summed E-state index contributed by atoms with van der Waals surface area (Å²) < 4.78 is 2.07. The van der Waals surface area contributed by atoms with Crippen molar-refractivity contribution in [3.63, 3.8) is 0 Å². The van der Waals surface area contributed by atoms with Gasteiger partial charge in [0.15, 0.2) is 0 Å². The first kappa shape index (κ1) is 13.8. The van der Waals surface area contributed by atoms with Gasteiger partial charge in [-0.1, -0.05) is 0 Å². The zero-order chi connectivity index (χ0) is 13.3. The summed E-state index contributed by atoms with van der Waals surface area (Å²) in [5.74, 6) is 0.315. The van der Waals surface area contributed by atoms with E-state index in [1.165, 1.54) is 11.1 Å². The van der Waals surface area contributed by atoms with Gasteiger partial charge in [-0.15, -0.1) is 0 Å². The maximum atomic E-state index is 11.5. The molecule has 2 rings (SSSR count). The van der Waals surface area contributed by atoms with Crippen LogP contribution in [0.2, 0.25) is 0 Å². The Morgan fingerprint density at radius 3 is 2.56 bits per heavy atom. The molecule has 0 saturated carbocycles. The number of hydrogen-bond donors (Lipinski definition) is 0. The molecular weight excluding hydrogens is 336 g/mol. The molecule has 1 aliphatic heterocycles. The quantitative estimate of drug-likeness (QED) is 0.737. The summed E-state index contributed by atoms with van der Waals surface area (Å²) in [6.07, 6.45) is 3.08. The van der Waals surface area contributed by atoms with E-state index < -0.39 is 0 Å². The molecule has 1 aromatic rings. The molecule has 0 aromatic heterocycles. The Morgan fingerprint density at radius 2 is 1.94 bits per heavy atom. The molecule has 1 heterocycles. The molecule has 18 heavy (non-hydrogen) atoms. The molecule has 1 unspecified atom stereocenters. The molecule has 0 fully saturated rings. The van der Waals surface area contributed by atoms with E-state index in [2.05, 4.69) is 51.1 Å². The molecule has 1 aliphatic rings. The Labute approximate surface area is 120 Å². The van der Waals surface area contributed by atoms with Crippen molar-refractivity contribution in [3.8, 4) is 0 Å². The molecule has 0 radical (unpaired) electrons. The van der Waals surface area contributed by atoms with Crippen LogP contribution in [0.4, 0.5) is 0 Å². The zero-order valence-corrected chi connectivity index (χ0v) is 13.8. The molecule has 0 saturated heterocycles. The van der Waals surface area contributed by atoms with Crippen LogP contribution in [-0.2, 0) is 4.79 Å². The van der Waals surface area contributed by atoms with Crippen LogP contribution in [0.25, 0.3) is 6.08 Å². The van der Waals surface area contributed by atoms with Crippen molar-refractivity contribution in [2.24, 2.45) is 5.41 Å². The third-order valence-corrected chi connectivity index (χ3v) is 7.93. The van der Waals surface area contributed by atoms with Crippen molar-refractivity contribution in [1.82, 2.24) is 0 Å². The van der Waals surface area contributed by atoms with Gasteiger partial charge in [-0.2, -0.15) is 0 Å². The number of rotatable bonds is 2. The Balaban J connectivity index is 2.42. The second-order valence-corrected chi connectivity index (χ2v) is 9.45. The van der Waals surface area contributed by atoms with Crippen LogP contribution in [0.3, 0.4) is 0 Å². The molecule has 1 atom stereocenters. The van der Waals surface area contributed by atoms with E-state index in [1.807, 2.05) is 0 Å². The number of benzene rings is 1. The van der Waals surface area contributed by atoms with Gasteiger partial charge in [0.2, 0.25) is 0 Å². The molecule has 0 aliphatic carbocycles. The Morgan fingerprint density at radius 1 is 1.28 bits per heavy atom. The third-order valence-electron chi connectivity index (χ3n) is 3.11. The maximum absolute atomic E-state index is 11.5. The normalized spacial score (nSPS) is 19.1. The van der Waals surface area contributed by atoms with Gasteiger partial charge >= 0.3 is 120 Å². The Hall–Kier alpha value is -0.580. The fourth-order valence-corrected chi connectivity index (χ4v) is 6.46. The van der Waals surface area contributed by atoms with Crippen molar-refractivity contribution in [3.05, 3.63) is 39.0 Å². The predicted octanol–water partition coefficient (Wildman–Crippen LogP) is 3.81. The van der Waals surface area contributed by atoms with Gasteiger partial charge in [-0.25, -0.2) is 0 Å². The number of Topliss-reactive ketones (excluding diaryl/α,β-unsaturated/α-hetero) is 1. The second-order valence-electron chi connectivity index (χ2n) is 5.90. The standard InChI is InChI=1S/C16H20OTe/c1-11(17)9-14-13-8-6-5-7-12(13)10-15(18-14)16(2,3)4/h5-8,10,14H,9H2,1-4H3. The van der Waals surface area contributed by atoms with Gasteiger partial charge in [0.05, 0.1) is 0 Å². The van der Waals surface area contributed by atoms with E-state index in [0.717, 1.165) is 0 Å². The van der Waals surface area contributed by atoms with Gasteiger partial charge in [-0.3, -0.25) is 0 Å². The van der Waals surface area contributed by atoms with Crippen LogP contribution < -0.4 is 0 Å². The topological polar surface area (TPSA) is 17.1 Å². The molecule has 96 valence electrons. The predicted molar refractivity (Wildman–Crippen MR) is 77.7 cm³/mol. The molecule has 0 spiro atoms. The van der Waals surface area contributed by atoms with E-state index in [-0.39, 0.29) is 26.3 Å². The summed E-state index contributed by atoms with van der Waals surface area (Å²) in [6.45, 7) is 8.55. The van der Waals surface area contributed by atoms with Crippen molar-refractivity contribution in [1.29, 1.82) is 0 Å². The second kappa shape index (κ2) is 5.19. The molecule has 1 aromatic carbocycles. The first-order valence-corrected chi connectivity index (χ1v) is 8.86. The minimum absolute atomic E-state index is 0.241. The van der Waals surface area contributed by atoms with E-state index in [4.69, 9.17) is 0 Å². The summed E-state index contributed by atoms with van der Waals surface area (Å²) in [7, 11) is 0. The van der Waals surface area contributed by atoms with Gasteiger partial charge < -0.3 is 0 Å². The van der Waals surface area contributed by atoms with E-state index in [9.17, 15) is 4.79 Å². The Bertz CT molecular complexity index is 494. The minimum atomic E-state index is -0.290. The van der Waals surface area contributed by atoms with Crippen LogP contribution in [0.1, 0.15) is 49.2 Å². The number of carbonyl (C=O) groups excluding carboxylic acids is 1. The number of ketones is 1. The fraction of sp³-hybridized carbons (Fsp3) is 0.438. The van der Waals surface area contributed by atoms with E-state index in [1.54, 1.807) is 10.5 Å². The summed E-state index contributed by atoms with van der Waals surface area (Å²) in [4.78, 5) is 11.5.